The van der Waals surface area contributed by atoms with Gasteiger partial charge in [0.15, 0.2) is 0 Å². The summed E-state index contributed by atoms with van der Waals surface area (Å²) in [5, 5.41) is 0. The van der Waals surface area contributed by atoms with Crippen molar-refractivity contribution in [3.8, 4) is 0 Å². The number of benzene rings is 1. The SMILES string of the molecule is CCCCCCCCCS(=O)(=O)NCc1ccc(C(=O)OC)cc1. The van der Waals surface area contributed by atoms with Crippen molar-refractivity contribution in [1.29, 1.82) is 0 Å². The molecular weight excluding hydrogens is 326 g/mol. The van der Waals surface area contributed by atoms with E-state index in [0.717, 1.165) is 18.4 Å². The summed E-state index contributed by atoms with van der Waals surface area (Å²) in [7, 11) is -1.92. The van der Waals surface area contributed by atoms with Crippen molar-refractivity contribution in [2.75, 3.05) is 12.9 Å². The predicted octanol–water partition coefficient (Wildman–Crippen LogP) is 3.64. The van der Waals surface area contributed by atoms with Crippen LogP contribution in [0.4, 0.5) is 0 Å². The van der Waals surface area contributed by atoms with Crippen LogP contribution < -0.4 is 4.72 Å². The summed E-state index contributed by atoms with van der Waals surface area (Å²) in [6.07, 6.45) is 7.66. The molecule has 1 rings (SSSR count). The van der Waals surface area contributed by atoms with Gasteiger partial charge in [0.2, 0.25) is 10.0 Å². The molecule has 0 atom stereocenters. The van der Waals surface area contributed by atoms with Crippen LogP contribution in [0, 0.1) is 0 Å². The Kier molecular flexibility index (Phi) is 9.64. The molecule has 0 spiro atoms. The van der Waals surface area contributed by atoms with Gasteiger partial charge in [-0.15, -0.1) is 0 Å². The Labute approximate surface area is 145 Å². The quantitative estimate of drug-likeness (QED) is 0.459. The van der Waals surface area contributed by atoms with E-state index in [1.807, 2.05) is 0 Å². The molecule has 0 aromatic heterocycles. The topological polar surface area (TPSA) is 72.5 Å². The molecule has 1 aromatic rings. The molecule has 0 saturated heterocycles. The molecule has 24 heavy (non-hydrogen) atoms. The zero-order valence-corrected chi connectivity index (χ0v) is 15.5. The first-order chi connectivity index (χ1) is 11.5. The highest BCUT2D eigenvalue weighted by molar-refractivity contribution is 7.89. The van der Waals surface area contributed by atoms with Crippen molar-refractivity contribution in [3.63, 3.8) is 0 Å². The Hall–Kier alpha value is -1.40. The highest BCUT2D eigenvalue weighted by Gasteiger charge is 2.10. The molecule has 0 fully saturated rings. The van der Waals surface area contributed by atoms with Crippen molar-refractivity contribution >= 4 is 16.0 Å². The summed E-state index contributed by atoms with van der Waals surface area (Å²) in [6.45, 7) is 2.42. The van der Waals surface area contributed by atoms with E-state index in [9.17, 15) is 13.2 Å². The smallest absolute Gasteiger partial charge is 0.337 e. The maximum absolute atomic E-state index is 12.0. The second kappa shape index (κ2) is 11.2. The van der Waals surface area contributed by atoms with E-state index in [-0.39, 0.29) is 12.3 Å². The van der Waals surface area contributed by atoms with Gasteiger partial charge < -0.3 is 4.74 Å². The van der Waals surface area contributed by atoms with Crippen molar-refractivity contribution in [1.82, 2.24) is 4.72 Å². The molecule has 0 saturated carbocycles. The molecule has 6 heteroatoms. The van der Waals surface area contributed by atoms with Gasteiger partial charge in [0.25, 0.3) is 0 Å². The van der Waals surface area contributed by atoms with Crippen LogP contribution in [-0.2, 0) is 21.3 Å². The normalized spacial score (nSPS) is 11.4. The van der Waals surface area contributed by atoms with Crippen LogP contribution in [0.2, 0.25) is 0 Å². The van der Waals surface area contributed by atoms with Crippen LogP contribution in [0.15, 0.2) is 24.3 Å². The Bertz CT molecular complexity index is 582. The third-order valence-electron chi connectivity index (χ3n) is 3.89. The number of nitrogens with one attached hydrogen (secondary N) is 1. The largest absolute Gasteiger partial charge is 0.465 e. The van der Waals surface area contributed by atoms with Gasteiger partial charge in [0, 0.05) is 6.54 Å². The minimum Gasteiger partial charge on any atom is -0.465 e. The number of sulfonamides is 1. The highest BCUT2D eigenvalue weighted by atomic mass is 32.2. The number of ether oxygens (including phenoxy) is 1. The minimum atomic E-state index is -3.25. The molecule has 136 valence electrons. The molecule has 0 unspecified atom stereocenters. The van der Waals surface area contributed by atoms with E-state index in [1.54, 1.807) is 24.3 Å². The van der Waals surface area contributed by atoms with Crippen molar-refractivity contribution in [3.05, 3.63) is 35.4 Å². The van der Waals surface area contributed by atoms with E-state index in [4.69, 9.17) is 0 Å². The molecule has 0 amide bonds. The number of carbonyl (C=O) groups excluding carboxylic acids is 1. The van der Waals surface area contributed by atoms with E-state index in [2.05, 4.69) is 16.4 Å². The molecular formula is C18H29NO4S. The van der Waals surface area contributed by atoms with Gasteiger partial charge in [-0.3, -0.25) is 0 Å². The lowest BCUT2D eigenvalue weighted by Crippen LogP contribution is -2.26. The number of hydrogen-bond acceptors (Lipinski definition) is 4. The fraction of sp³-hybridized carbons (Fsp3) is 0.611. The molecule has 1 aromatic carbocycles. The lowest BCUT2D eigenvalue weighted by molar-refractivity contribution is 0.0600. The average molecular weight is 356 g/mol. The molecule has 0 radical (unpaired) electrons. The van der Waals surface area contributed by atoms with Crippen LogP contribution in [0.25, 0.3) is 0 Å². The molecule has 5 nitrogen and oxygen atoms in total. The zero-order chi connectivity index (χ0) is 17.8. The van der Waals surface area contributed by atoms with Crippen molar-refractivity contribution in [2.45, 2.75) is 58.4 Å². The highest BCUT2D eigenvalue weighted by Crippen LogP contribution is 2.09. The van der Waals surface area contributed by atoms with Gasteiger partial charge in [0.1, 0.15) is 0 Å². The number of hydrogen-bond donors (Lipinski definition) is 1. The second-order valence-corrected chi connectivity index (χ2v) is 7.88. The van der Waals surface area contributed by atoms with Crippen molar-refractivity contribution < 1.29 is 17.9 Å². The second-order valence-electron chi connectivity index (χ2n) is 5.95. The Morgan fingerprint density at radius 1 is 1.00 bits per heavy atom. The van der Waals surface area contributed by atoms with Gasteiger partial charge in [-0.25, -0.2) is 17.9 Å². The van der Waals surface area contributed by atoms with Gasteiger partial charge in [-0.1, -0.05) is 57.6 Å². The number of unbranched alkanes of at least 4 members (excludes halogenated alkanes) is 6. The Morgan fingerprint density at radius 3 is 2.17 bits per heavy atom. The third kappa shape index (κ3) is 8.45. The zero-order valence-electron chi connectivity index (χ0n) is 14.7. The molecule has 0 aliphatic carbocycles. The van der Waals surface area contributed by atoms with Crippen LogP contribution in [-0.4, -0.2) is 27.2 Å². The lowest BCUT2D eigenvalue weighted by atomic mass is 10.1. The number of carbonyl (C=O) groups is 1. The van der Waals surface area contributed by atoms with Crippen LogP contribution >= 0.6 is 0 Å². The first kappa shape index (κ1) is 20.6. The molecule has 0 heterocycles. The number of methoxy groups -OCH3 is 1. The Morgan fingerprint density at radius 2 is 1.58 bits per heavy atom. The number of esters is 1. The summed E-state index contributed by atoms with van der Waals surface area (Å²) < 4.78 is 31.2. The summed E-state index contributed by atoms with van der Waals surface area (Å²) in [5.74, 6) is -0.234. The standard InChI is InChI=1S/C18H29NO4S/c1-3-4-5-6-7-8-9-14-24(21,22)19-15-16-10-12-17(13-11-16)18(20)23-2/h10-13,19H,3-9,14-15H2,1-2H3. The number of rotatable bonds is 12. The molecule has 0 aliphatic heterocycles. The summed E-state index contributed by atoms with van der Waals surface area (Å²) in [4.78, 5) is 11.3. The van der Waals surface area contributed by atoms with E-state index < -0.39 is 16.0 Å². The van der Waals surface area contributed by atoms with Crippen molar-refractivity contribution in [2.24, 2.45) is 0 Å². The maximum Gasteiger partial charge on any atom is 0.337 e. The first-order valence-corrected chi connectivity index (χ1v) is 10.3. The summed E-state index contributed by atoms with van der Waals surface area (Å²) in [5.41, 5.74) is 1.26. The Balaban J connectivity index is 2.28. The predicted molar refractivity (Wildman–Crippen MR) is 96.4 cm³/mol. The average Bonchev–Trinajstić information content (AvgIpc) is 2.59. The minimum absolute atomic E-state index is 0.168. The molecule has 0 bridgehead atoms. The molecule has 0 aliphatic rings. The summed E-state index contributed by atoms with van der Waals surface area (Å²) >= 11 is 0. The van der Waals surface area contributed by atoms with Crippen LogP contribution in [0.5, 0.6) is 0 Å². The van der Waals surface area contributed by atoms with Gasteiger partial charge in [0.05, 0.1) is 18.4 Å². The van der Waals surface area contributed by atoms with Crippen LogP contribution in [0.3, 0.4) is 0 Å². The first-order valence-electron chi connectivity index (χ1n) is 8.63. The lowest BCUT2D eigenvalue weighted by Gasteiger charge is -2.07. The fourth-order valence-corrected chi connectivity index (χ4v) is 3.51. The van der Waals surface area contributed by atoms with Gasteiger partial charge in [-0.05, 0) is 24.1 Å². The van der Waals surface area contributed by atoms with Crippen LogP contribution in [0.1, 0.15) is 67.8 Å². The maximum atomic E-state index is 12.0. The summed E-state index contributed by atoms with van der Waals surface area (Å²) in [6, 6.07) is 6.71. The van der Waals surface area contributed by atoms with E-state index in [0.29, 0.717) is 12.0 Å². The fourth-order valence-electron chi connectivity index (χ4n) is 2.39. The third-order valence-corrected chi connectivity index (χ3v) is 5.30. The molecule has 1 N–H and O–H groups in total. The van der Waals surface area contributed by atoms with E-state index >= 15 is 0 Å². The van der Waals surface area contributed by atoms with E-state index in [1.165, 1.54) is 32.8 Å². The van der Waals surface area contributed by atoms with Gasteiger partial charge >= 0.3 is 5.97 Å². The van der Waals surface area contributed by atoms with Gasteiger partial charge in [-0.2, -0.15) is 0 Å². The monoisotopic (exact) mass is 355 g/mol.